The summed E-state index contributed by atoms with van der Waals surface area (Å²) in [6.07, 6.45) is -4.70. The van der Waals surface area contributed by atoms with E-state index in [1.807, 2.05) is 0 Å². The van der Waals surface area contributed by atoms with E-state index in [2.05, 4.69) is 19.7 Å². The molecule has 3 heterocycles. The topological polar surface area (TPSA) is 80.2 Å². The van der Waals surface area contributed by atoms with E-state index < -0.39 is 30.0 Å². The van der Waals surface area contributed by atoms with Crippen LogP contribution in [0.4, 0.5) is 32.0 Å². The van der Waals surface area contributed by atoms with Crippen molar-refractivity contribution in [3.05, 3.63) is 63.9 Å². The highest BCUT2D eigenvalue weighted by Gasteiger charge is 2.33. The zero-order chi connectivity index (χ0) is 27.4. The minimum absolute atomic E-state index is 0.0261. The number of likely N-dealkylation sites (tertiary alicyclic amines) is 1. The summed E-state index contributed by atoms with van der Waals surface area (Å²) in [5, 5.41) is 2.67. The van der Waals surface area contributed by atoms with Gasteiger partial charge in [0, 0.05) is 41.7 Å². The molecule has 1 aromatic carbocycles. The molecule has 7 nitrogen and oxygen atoms in total. The highest BCUT2D eigenvalue weighted by Crippen LogP contribution is 2.29. The molecular formula is C24H23F6N5O2S. The molecule has 0 bridgehead atoms. The number of carbonyl (C=O) groups is 1. The predicted molar refractivity (Wildman–Crippen MR) is 127 cm³/mol. The highest BCUT2D eigenvalue weighted by molar-refractivity contribution is 7.06. The number of amides is 1. The van der Waals surface area contributed by atoms with Gasteiger partial charge in [-0.3, -0.25) is 14.7 Å². The van der Waals surface area contributed by atoms with E-state index in [4.69, 9.17) is 4.74 Å². The summed E-state index contributed by atoms with van der Waals surface area (Å²) in [4.78, 5) is 22.3. The maximum absolute atomic E-state index is 14.3. The van der Waals surface area contributed by atoms with Crippen LogP contribution in [0.25, 0.3) is 0 Å². The third-order valence-corrected chi connectivity index (χ3v) is 6.86. The van der Waals surface area contributed by atoms with Crippen LogP contribution in [0.2, 0.25) is 0 Å². The fourth-order valence-corrected chi connectivity index (χ4v) is 4.97. The Balaban J connectivity index is 1.40. The second kappa shape index (κ2) is 11.6. The van der Waals surface area contributed by atoms with Crippen molar-refractivity contribution in [1.29, 1.82) is 0 Å². The Bertz CT molecular complexity index is 1270. The maximum Gasteiger partial charge on any atom is 0.434 e. The van der Waals surface area contributed by atoms with Gasteiger partial charge in [-0.2, -0.15) is 17.5 Å². The van der Waals surface area contributed by atoms with Crippen LogP contribution in [0.15, 0.2) is 30.6 Å². The number of carbonyl (C=O) groups excluding carboxylic acids is 1. The summed E-state index contributed by atoms with van der Waals surface area (Å²) in [5.41, 5.74) is 0.00627. The monoisotopic (exact) mass is 559 g/mol. The molecule has 3 aromatic rings. The number of hydrogen-bond donors (Lipinski definition) is 1. The number of aryl methyl sites for hydroxylation is 1. The van der Waals surface area contributed by atoms with E-state index in [1.54, 1.807) is 11.8 Å². The SMILES string of the molecule is Cc1nsc(Cc2cnc(C(F)(F)F)cn2)c1C(=O)Nc1ccc(F)c(OCC2CCN(CC(F)F)C2)c1. The lowest BCUT2D eigenvalue weighted by Crippen LogP contribution is -2.27. The van der Waals surface area contributed by atoms with Crippen molar-refractivity contribution >= 4 is 23.1 Å². The normalized spacial score (nSPS) is 16.3. The molecule has 38 heavy (non-hydrogen) atoms. The second-order valence-corrected chi connectivity index (χ2v) is 9.71. The van der Waals surface area contributed by atoms with Gasteiger partial charge in [-0.15, -0.1) is 0 Å². The summed E-state index contributed by atoms with van der Waals surface area (Å²) in [7, 11) is 0. The van der Waals surface area contributed by atoms with Crippen molar-refractivity contribution in [1.82, 2.24) is 19.2 Å². The van der Waals surface area contributed by atoms with Crippen LogP contribution in [0.5, 0.6) is 5.75 Å². The number of hydrogen-bond acceptors (Lipinski definition) is 7. The Labute approximate surface area is 218 Å². The van der Waals surface area contributed by atoms with Crippen molar-refractivity contribution in [3.63, 3.8) is 0 Å². The number of nitrogens with one attached hydrogen (secondary N) is 1. The number of rotatable bonds is 9. The first-order chi connectivity index (χ1) is 18.0. The molecular weight excluding hydrogens is 536 g/mol. The number of alkyl halides is 5. The van der Waals surface area contributed by atoms with Crippen molar-refractivity contribution in [2.45, 2.75) is 32.4 Å². The molecule has 14 heteroatoms. The molecule has 1 aliphatic rings. The van der Waals surface area contributed by atoms with E-state index in [0.29, 0.717) is 36.3 Å². The first-order valence-electron chi connectivity index (χ1n) is 11.6. The molecule has 2 aromatic heterocycles. The zero-order valence-electron chi connectivity index (χ0n) is 20.1. The lowest BCUT2D eigenvalue weighted by atomic mass is 10.1. The molecule has 1 unspecified atom stereocenters. The van der Waals surface area contributed by atoms with E-state index >= 15 is 0 Å². The standard InChI is InChI=1S/C24H23F6N5O2S/c1-13-22(19(38-34-13)7-16-8-32-20(9-31-16)24(28,29)30)23(36)33-15-2-3-17(25)18(6-15)37-12-14-4-5-35(10-14)11-21(26)27/h2-3,6,8-9,14,21H,4-5,7,10-12H2,1H3,(H,33,36). The summed E-state index contributed by atoms with van der Waals surface area (Å²) in [6, 6.07) is 3.82. The minimum Gasteiger partial charge on any atom is -0.490 e. The average Bonchev–Trinajstić information content (AvgIpc) is 3.44. The van der Waals surface area contributed by atoms with Crippen LogP contribution in [0, 0.1) is 18.7 Å². The number of aromatic nitrogens is 3. The zero-order valence-corrected chi connectivity index (χ0v) is 20.9. The van der Waals surface area contributed by atoms with Crippen LogP contribution in [0.1, 0.15) is 38.7 Å². The molecule has 1 saturated heterocycles. The fourth-order valence-electron chi connectivity index (χ4n) is 4.09. The molecule has 0 aliphatic carbocycles. The van der Waals surface area contributed by atoms with Gasteiger partial charge in [0.25, 0.3) is 12.3 Å². The van der Waals surface area contributed by atoms with Crippen molar-refractivity contribution in [2.24, 2.45) is 5.92 Å². The average molecular weight is 560 g/mol. The summed E-state index contributed by atoms with van der Waals surface area (Å²) >= 11 is 1.01. The number of halogens is 6. The molecule has 204 valence electrons. The van der Waals surface area contributed by atoms with E-state index in [9.17, 15) is 31.1 Å². The van der Waals surface area contributed by atoms with Crippen LogP contribution in [-0.2, 0) is 12.6 Å². The number of nitrogens with zero attached hydrogens (tertiary/aromatic N) is 4. The molecule has 0 saturated carbocycles. The van der Waals surface area contributed by atoms with Crippen LogP contribution in [-0.4, -0.2) is 57.8 Å². The largest absolute Gasteiger partial charge is 0.490 e. The Hall–Kier alpha value is -3.26. The minimum atomic E-state index is -4.61. The second-order valence-electron chi connectivity index (χ2n) is 8.85. The molecule has 4 rings (SSSR count). The lowest BCUT2D eigenvalue weighted by molar-refractivity contribution is -0.141. The summed E-state index contributed by atoms with van der Waals surface area (Å²) in [5.74, 6) is -1.29. The van der Waals surface area contributed by atoms with E-state index in [-0.39, 0.29) is 48.2 Å². The fraction of sp³-hybridized carbons (Fsp3) is 0.417. The van der Waals surface area contributed by atoms with Crippen LogP contribution >= 0.6 is 11.5 Å². The third kappa shape index (κ3) is 6.98. The highest BCUT2D eigenvalue weighted by atomic mass is 32.1. The van der Waals surface area contributed by atoms with E-state index in [0.717, 1.165) is 23.8 Å². The molecule has 1 fully saturated rings. The van der Waals surface area contributed by atoms with Gasteiger partial charge >= 0.3 is 6.18 Å². The Morgan fingerprint density at radius 3 is 2.74 bits per heavy atom. The van der Waals surface area contributed by atoms with Gasteiger partial charge in [-0.1, -0.05) is 0 Å². The molecule has 0 radical (unpaired) electrons. The first kappa shape index (κ1) is 27.8. The van der Waals surface area contributed by atoms with Gasteiger partial charge in [0.2, 0.25) is 0 Å². The van der Waals surface area contributed by atoms with Gasteiger partial charge in [0.1, 0.15) is 0 Å². The molecule has 1 N–H and O–H groups in total. The van der Waals surface area contributed by atoms with Crippen molar-refractivity contribution in [3.8, 4) is 5.75 Å². The number of ether oxygens (including phenoxy) is 1. The third-order valence-electron chi connectivity index (χ3n) is 5.93. The summed E-state index contributed by atoms with van der Waals surface area (Å²) in [6.45, 7) is 2.40. The van der Waals surface area contributed by atoms with Crippen molar-refractivity contribution < 1.29 is 35.9 Å². The van der Waals surface area contributed by atoms with Gasteiger partial charge in [0.05, 0.1) is 36.3 Å². The maximum atomic E-state index is 14.3. The Morgan fingerprint density at radius 2 is 2.05 bits per heavy atom. The first-order valence-corrected chi connectivity index (χ1v) is 12.3. The smallest absolute Gasteiger partial charge is 0.434 e. The Morgan fingerprint density at radius 1 is 1.26 bits per heavy atom. The number of anilines is 1. The van der Waals surface area contributed by atoms with Crippen LogP contribution in [0.3, 0.4) is 0 Å². The predicted octanol–water partition coefficient (Wildman–Crippen LogP) is 5.21. The molecule has 1 aliphatic heterocycles. The quantitative estimate of drug-likeness (QED) is 0.363. The van der Waals surface area contributed by atoms with Crippen molar-refractivity contribution in [2.75, 3.05) is 31.6 Å². The number of benzene rings is 1. The molecule has 0 spiro atoms. The van der Waals surface area contributed by atoms with Gasteiger partial charge in [0.15, 0.2) is 17.3 Å². The summed E-state index contributed by atoms with van der Waals surface area (Å²) < 4.78 is 87.5. The van der Waals surface area contributed by atoms with Gasteiger partial charge < -0.3 is 10.1 Å². The molecule has 1 atom stereocenters. The molecule has 1 amide bonds. The van der Waals surface area contributed by atoms with Gasteiger partial charge in [-0.25, -0.2) is 18.2 Å². The van der Waals surface area contributed by atoms with Gasteiger partial charge in [-0.05, 0) is 43.6 Å². The van der Waals surface area contributed by atoms with Crippen LogP contribution < -0.4 is 10.1 Å². The Kier molecular flexibility index (Phi) is 8.51. The lowest BCUT2D eigenvalue weighted by Gasteiger charge is -2.16. The van der Waals surface area contributed by atoms with E-state index in [1.165, 1.54) is 12.1 Å².